The largest absolute Gasteiger partial charge is 0.372 e. The Morgan fingerprint density at radius 3 is 2.27 bits per heavy atom. The van der Waals surface area contributed by atoms with Gasteiger partial charge in [-0.15, -0.1) is 5.54 Å². The highest BCUT2D eigenvalue weighted by atomic mass is 28.3. The van der Waals surface area contributed by atoms with Gasteiger partial charge in [0.15, 0.2) is 0 Å². The number of rotatable bonds is 2. The SMILES string of the molecule is CC(C#C[Si](C)(C)C)Nc1ccccc1. The van der Waals surface area contributed by atoms with E-state index >= 15 is 0 Å². The zero-order valence-corrected chi connectivity index (χ0v) is 11.0. The molecule has 0 aliphatic heterocycles. The number of benzene rings is 1. The van der Waals surface area contributed by atoms with Gasteiger partial charge in [0.2, 0.25) is 0 Å². The summed E-state index contributed by atoms with van der Waals surface area (Å²) in [6.07, 6.45) is 0. The molecule has 0 spiro atoms. The van der Waals surface area contributed by atoms with Crippen LogP contribution in [0, 0.1) is 11.5 Å². The second-order valence-electron chi connectivity index (χ2n) is 4.75. The van der Waals surface area contributed by atoms with E-state index in [9.17, 15) is 0 Å². The summed E-state index contributed by atoms with van der Waals surface area (Å²) in [5.41, 5.74) is 4.50. The molecule has 1 aromatic carbocycles. The molecule has 0 saturated heterocycles. The van der Waals surface area contributed by atoms with Crippen LogP contribution in [0.3, 0.4) is 0 Å². The maximum atomic E-state index is 3.37. The summed E-state index contributed by atoms with van der Waals surface area (Å²) >= 11 is 0. The Labute approximate surface area is 93.9 Å². The summed E-state index contributed by atoms with van der Waals surface area (Å²) < 4.78 is 0. The van der Waals surface area contributed by atoms with Crippen molar-refractivity contribution in [1.82, 2.24) is 0 Å². The minimum Gasteiger partial charge on any atom is -0.372 e. The molecule has 0 radical (unpaired) electrons. The molecule has 1 atom stereocenters. The first-order valence-corrected chi connectivity index (χ1v) is 8.82. The Morgan fingerprint density at radius 1 is 1.13 bits per heavy atom. The Balaban J connectivity index is 2.56. The van der Waals surface area contributed by atoms with Crippen LogP contribution in [0.5, 0.6) is 0 Å². The molecular weight excluding hydrogens is 198 g/mol. The maximum Gasteiger partial charge on any atom is 0.129 e. The van der Waals surface area contributed by atoms with E-state index in [1.54, 1.807) is 0 Å². The molecule has 0 aliphatic carbocycles. The third-order valence-corrected chi connectivity index (χ3v) is 2.71. The lowest BCUT2D eigenvalue weighted by molar-refractivity contribution is 1.03. The van der Waals surface area contributed by atoms with Crippen LogP contribution in [0.1, 0.15) is 6.92 Å². The summed E-state index contributed by atoms with van der Waals surface area (Å²) in [6.45, 7) is 8.87. The van der Waals surface area contributed by atoms with Crippen molar-refractivity contribution >= 4 is 13.8 Å². The Kier molecular flexibility index (Phi) is 3.99. The molecule has 80 valence electrons. The molecule has 0 heterocycles. The van der Waals surface area contributed by atoms with E-state index in [0.29, 0.717) is 0 Å². The Hall–Kier alpha value is -1.20. The van der Waals surface area contributed by atoms with Gasteiger partial charge < -0.3 is 5.32 Å². The minimum absolute atomic E-state index is 0.221. The van der Waals surface area contributed by atoms with Crippen molar-refractivity contribution in [1.29, 1.82) is 0 Å². The summed E-state index contributed by atoms with van der Waals surface area (Å²) in [6, 6.07) is 10.4. The van der Waals surface area contributed by atoms with Crippen molar-refractivity contribution < 1.29 is 0 Å². The second kappa shape index (κ2) is 5.04. The maximum absolute atomic E-state index is 3.37. The zero-order valence-electron chi connectivity index (χ0n) is 9.96. The lowest BCUT2D eigenvalue weighted by atomic mass is 10.3. The van der Waals surface area contributed by atoms with Gasteiger partial charge in [-0.2, -0.15) is 0 Å². The van der Waals surface area contributed by atoms with Crippen molar-refractivity contribution in [3.8, 4) is 11.5 Å². The Bertz CT molecular complexity index is 354. The van der Waals surface area contributed by atoms with E-state index < -0.39 is 8.07 Å². The quantitative estimate of drug-likeness (QED) is 0.591. The molecule has 2 heteroatoms. The number of nitrogens with one attached hydrogen (secondary N) is 1. The molecule has 0 aromatic heterocycles. The first-order valence-electron chi connectivity index (χ1n) is 5.32. The summed E-state index contributed by atoms with van der Waals surface area (Å²) in [4.78, 5) is 0. The molecule has 0 bridgehead atoms. The molecule has 0 amide bonds. The number of hydrogen-bond acceptors (Lipinski definition) is 1. The monoisotopic (exact) mass is 217 g/mol. The summed E-state index contributed by atoms with van der Waals surface area (Å²) in [5, 5.41) is 3.36. The van der Waals surface area contributed by atoms with Gasteiger partial charge in [-0.25, -0.2) is 0 Å². The molecule has 0 saturated carbocycles. The van der Waals surface area contributed by atoms with E-state index in [1.807, 2.05) is 18.2 Å². The highest BCUT2D eigenvalue weighted by molar-refractivity contribution is 6.83. The summed E-state index contributed by atoms with van der Waals surface area (Å²) in [5.74, 6) is 3.27. The lowest BCUT2D eigenvalue weighted by Gasteiger charge is -2.10. The van der Waals surface area contributed by atoms with Crippen molar-refractivity contribution in [2.24, 2.45) is 0 Å². The molecule has 15 heavy (non-hydrogen) atoms. The number of anilines is 1. The van der Waals surface area contributed by atoms with Crippen LogP contribution in [0.2, 0.25) is 19.6 Å². The lowest BCUT2D eigenvalue weighted by Crippen LogP contribution is -2.19. The third kappa shape index (κ3) is 5.29. The zero-order chi connectivity index (χ0) is 11.3. The molecule has 1 aromatic rings. The fraction of sp³-hybridized carbons (Fsp3) is 0.385. The van der Waals surface area contributed by atoms with E-state index in [-0.39, 0.29) is 6.04 Å². The van der Waals surface area contributed by atoms with Crippen molar-refractivity contribution in [3.05, 3.63) is 30.3 Å². The Morgan fingerprint density at radius 2 is 1.73 bits per heavy atom. The van der Waals surface area contributed by atoms with Gasteiger partial charge in [0, 0.05) is 5.69 Å². The fourth-order valence-corrected chi connectivity index (χ4v) is 1.79. The van der Waals surface area contributed by atoms with Crippen LogP contribution in [0.25, 0.3) is 0 Å². The van der Waals surface area contributed by atoms with Crippen molar-refractivity contribution in [2.75, 3.05) is 5.32 Å². The summed E-state index contributed by atoms with van der Waals surface area (Å²) in [7, 11) is -1.24. The van der Waals surface area contributed by atoms with Crippen LogP contribution in [-0.2, 0) is 0 Å². The van der Waals surface area contributed by atoms with Crippen LogP contribution >= 0.6 is 0 Å². The molecule has 1 N–H and O–H groups in total. The molecule has 1 unspecified atom stereocenters. The number of hydrogen-bond donors (Lipinski definition) is 1. The van der Waals surface area contributed by atoms with Crippen LogP contribution in [0.4, 0.5) is 5.69 Å². The van der Waals surface area contributed by atoms with E-state index in [1.165, 1.54) is 0 Å². The van der Waals surface area contributed by atoms with Gasteiger partial charge in [0.05, 0.1) is 6.04 Å². The smallest absolute Gasteiger partial charge is 0.129 e. The van der Waals surface area contributed by atoms with Crippen LogP contribution < -0.4 is 5.32 Å². The van der Waals surface area contributed by atoms with Crippen LogP contribution in [-0.4, -0.2) is 14.1 Å². The van der Waals surface area contributed by atoms with Gasteiger partial charge in [0.25, 0.3) is 0 Å². The van der Waals surface area contributed by atoms with Crippen molar-refractivity contribution in [2.45, 2.75) is 32.6 Å². The van der Waals surface area contributed by atoms with Gasteiger partial charge in [-0.3, -0.25) is 0 Å². The van der Waals surface area contributed by atoms with Gasteiger partial charge >= 0.3 is 0 Å². The second-order valence-corrected chi connectivity index (χ2v) is 9.50. The average Bonchev–Trinajstić information content (AvgIpc) is 2.15. The van der Waals surface area contributed by atoms with Gasteiger partial charge in [-0.1, -0.05) is 43.8 Å². The van der Waals surface area contributed by atoms with E-state index in [4.69, 9.17) is 0 Å². The predicted octanol–water partition coefficient (Wildman–Crippen LogP) is 3.37. The highest BCUT2D eigenvalue weighted by Crippen LogP contribution is 2.06. The highest BCUT2D eigenvalue weighted by Gasteiger charge is 2.08. The molecular formula is C13H19NSi. The van der Waals surface area contributed by atoms with E-state index in [0.717, 1.165) is 5.69 Å². The topological polar surface area (TPSA) is 12.0 Å². The normalized spacial score (nSPS) is 12.5. The molecule has 0 aliphatic rings. The third-order valence-electron chi connectivity index (χ3n) is 1.82. The standard InChI is InChI=1S/C13H19NSi/c1-12(10-11-15(2,3)4)14-13-8-6-5-7-9-13/h5-9,12,14H,1-4H3. The fourth-order valence-electron chi connectivity index (χ4n) is 1.15. The molecule has 1 nitrogen and oxygen atoms in total. The van der Waals surface area contributed by atoms with Gasteiger partial charge in [-0.05, 0) is 19.1 Å². The average molecular weight is 217 g/mol. The van der Waals surface area contributed by atoms with Gasteiger partial charge in [0.1, 0.15) is 8.07 Å². The molecule has 0 fully saturated rings. The van der Waals surface area contributed by atoms with Crippen molar-refractivity contribution in [3.63, 3.8) is 0 Å². The minimum atomic E-state index is -1.24. The number of para-hydroxylation sites is 1. The first-order chi connectivity index (χ1) is 6.97. The molecule has 1 rings (SSSR count). The predicted molar refractivity (Wildman–Crippen MR) is 70.6 cm³/mol. The first kappa shape index (κ1) is 11.9. The van der Waals surface area contributed by atoms with Crippen LogP contribution in [0.15, 0.2) is 30.3 Å². The van der Waals surface area contributed by atoms with E-state index in [2.05, 4.69) is 55.5 Å².